The molecule has 0 atom stereocenters. The van der Waals surface area contributed by atoms with Gasteiger partial charge in [-0.1, -0.05) is 15.9 Å². The summed E-state index contributed by atoms with van der Waals surface area (Å²) in [7, 11) is 1.56. The molecule has 0 saturated carbocycles. The van der Waals surface area contributed by atoms with Gasteiger partial charge in [0, 0.05) is 23.0 Å². The molecule has 14 heavy (non-hydrogen) atoms. The molecular weight excluding hydrogens is 246 g/mol. The Balaban J connectivity index is 2.99. The minimum atomic E-state index is 0.0262. The van der Waals surface area contributed by atoms with E-state index in [-0.39, 0.29) is 5.78 Å². The Labute approximate surface area is 91.4 Å². The van der Waals surface area contributed by atoms with E-state index in [1.165, 1.54) is 0 Å². The predicted molar refractivity (Wildman–Crippen MR) is 60.1 cm³/mol. The van der Waals surface area contributed by atoms with Gasteiger partial charge in [-0.15, -0.1) is 0 Å². The highest BCUT2D eigenvalue weighted by Gasteiger charge is 2.09. The minimum Gasteiger partial charge on any atom is -0.497 e. The van der Waals surface area contributed by atoms with Crippen LogP contribution >= 0.6 is 15.9 Å². The molecule has 4 heteroatoms. The third-order valence-corrected chi connectivity index (χ3v) is 2.28. The molecule has 2 N–H and O–H groups in total. The number of ether oxygens (including phenoxy) is 1. The molecule has 3 nitrogen and oxygen atoms in total. The van der Waals surface area contributed by atoms with E-state index >= 15 is 0 Å². The van der Waals surface area contributed by atoms with Crippen molar-refractivity contribution in [3.05, 3.63) is 23.8 Å². The van der Waals surface area contributed by atoms with Crippen LogP contribution in [0.15, 0.2) is 18.2 Å². The molecule has 0 aliphatic rings. The van der Waals surface area contributed by atoms with Gasteiger partial charge in [-0.2, -0.15) is 0 Å². The molecule has 0 amide bonds. The van der Waals surface area contributed by atoms with Gasteiger partial charge in [0.15, 0.2) is 5.78 Å². The van der Waals surface area contributed by atoms with Gasteiger partial charge in [0.25, 0.3) is 0 Å². The molecule has 0 aliphatic carbocycles. The summed E-state index contributed by atoms with van der Waals surface area (Å²) in [6, 6.07) is 5.08. The molecule has 0 fully saturated rings. The summed E-state index contributed by atoms with van der Waals surface area (Å²) >= 11 is 3.21. The maximum atomic E-state index is 11.6. The first-order valence-corrected chi connectivity index (χ1v) is 5.34. The van der Waals surface area contributed by atoms with Crippen molar-refractivity contribution >= 4 is 27.4 Å². The van der Waals surface area contributed by atoms with Gasteiger partial charge >= 0.3 is 0 Å². The molecule has 0 bridgehead atoms. The number of rotatable bonds is 4. The fourth-order valence-electron chi connectivity index (χ4n) is 1.12. The summed E-state index contributed by atoms with van der Waals surface area (Å²) < 4.78 is 5.02. The van der Waals surface area contributed by atoms with E-state index in [0.29, 0.717) is 28.8 Å². The quantitative estimate of drug-likeness (QED) is 0.512. The van der Waals surface area contributed by atoms with Crippen molar-refractivity contribution in [1.82, 2.24) is 0 Å². The van der Waals surface area contributed by atoms with E-state index in [2.05, 4.69) is 15.9 Å². The van der Waals surface area contributed by atoms with Crippen molar-refractivity contribution in [2.45, 2.75) is 6.42 Å². The number of carbonyl (C=O) groups is 1. The fourth-order valence-corrected chi connectivity index (χ4v) is 1.48. The van der Waals surface area contributed by atoms with Crippen molar-refractivity contribution in [2.75, 3.05) is 18.2 Å². The maximum absolute atomic E-state index is 11.6. The van der Waals surface area contributed by atoms with Gasteiger partial charge in [0.05, 0.1) is 7.11 Å². The van der Waals surface area contributed by atoms with Gasteiger partial charge in [-0.25, -0.2) is 0 Å². The van der Waals surface area contributed by atoms with Crippen molar-refractivity contribution in [3.63, 3.8) is 0 Å². The summed E-state index contributed by atoms with van der Waals surface area (Å²) in [5, 5.41) is 0.641. The number of alkyl halides is 1. The molecule has 0 aliphatic heterocycles. The highest BCUT2D eigenvalue weighted by atomic mass is 79.9. The van der Waals surface area contributed by atoms with Crippen molar-refractivity contribution in [2.24, 2.45) is 0 Å². The van der Waals surface area contributed by atoms with Crippen molar-refractivity contribution in [1.29, 1.82) is 0 Å². The van der Waals surface area contributed by atoms with Crippen LogP contribution in [-0.2, 0) is 0 Å². The van der Waals surface area contributed by atoms with Crippen LogP contribution in [0.4, 0.5) is 5.69 Å². The number of hydrogen-bond donors (Lipinski definition) is 1. The van der Waals surface area contributed by atoms with Crippen LogP contribution in [0.2, 0.25) is 0 Å². The van der Waals surface area contributed by atoms with Gasteiger partial charge in [-0.05, 0) is 18.2 Å². The Morgan fingerprint density at radius 2 is 2.29 bits per heavy atom. The number of benzene rings is 1. The lowest BCUT2D eigenvalue weighted by molar-refractivity contribution is 0.0990. The lowest BCUT2D eigenvalue weighted by Gasteiger charge is -2.06. The smallest absolute Gasteiger partial charge is 0.165 e. The van der Waals surface area contributed by atoms with Crippen molar-refractivity contribution < 1.29 is 9.53 Å². The maximum Gasteiger partial charge on any atom is 0.165 e. The number of methoxy groups -OCH3 is 1. The number of halogens is 1. The van der Waals surface area contributed by atoms with Gasteiger partial charge in [0.2, 0.25) is 0 Å². The first-order valence-electron chi connectivity index (χ1n) is 4.21. The first-order chi connectivity index (χ1) is 6.69. The number of nitrogens with two attached hydrogens (primary N) is 1. The van der Waals surface area contributed by atoms with Crippen LogP contribution in [0.3, 0.4) is 0 Å². The molecule has 1 aromatic rings. The van der Waals surface area contributed by atoms with E-state index in [9.17, 15) is 4.79 Å². The van der Waals surface area contributed by atoms with Crippen molar-refractivity contribution in [3.8, 4) is 5.75 Å². The third kappa shape index (κ3) is 2.48. The normalized spacial score (nSPS) is 9.86. The second-order valence-electron chi connectivity index (χ2n) is 2.82. The molecule has 0 radical (unpaired) electrons. The van der Waals surface area contributed by atoms with E-state index in [1.807, 2.05) is 0 Å². The van der Waals surface area contributed by atoms with Gasteiger partial charge < -0.3 is 10.5 Å². The first kappa shape index (κ1) is 11.0. The lowest BCUT2D eigenvalue weighted by Crippen LogP contribution is -2.04. The van der Waals surface area contributed by atoms with E-state index in [0.717, 1.165) is 0 Å². The zero-order chi connectivity index (χ0) is 10.6. The molecule has 76 valence electrons. The molecule has 0 aromatic heterocycles. The fraction of sp³-hybridized carbons (Fsp3) is 0.300. The Hall–Kier alpha value is -1.03. The minimum absolute atomic E-state index is 0.0262. The predicted octanol–water partition coefficient (Wildman–Crippen LogP) is 2.25. The topological polar surface area (TPSA) is 52.3 Å². The molecule has 1 aromatic carbocycles. The summed E-state index contributed by atoms with van der Waals surface area (Å²) in [5.41, 5.74) is 6.71. The second kappa shape index (κ2) is 5.00. The third-order valence-electron chi connectivity index (χ3n) is 1.88. The Morgan fingerprint density at radius 1 is 1.57 bits per heavy atom. The largest absolute Gasteiger partial charge is 0.497 e. The zero-order valence-electron chi connectivity index (χ0n) is 7.92. The summed E-state index contributed by atoms with van der Waals surface area (Å²) in [4.78, 5) is 11.6. The number of anilines is 1. The van der Waals surface area contributed by atoms with Crippen LogP contribution in [-0.4, -0.2) is 18.2 Å². The zero-order valence-corrected chi connectivity index (χ0v) is 9.50. The van der Waals surface area contributed by atoms with Crippen LogP contribution < -0.4 is 10.5 Å². The van der Waals surface area contributed by atoms with Crippen LogP contribution in [0.25, 0.3) is 0 Å². The van der Waals surface area contributed by atoms with Crippen LogP contribution in [0.1, 0.15) is 16.8 Å². The number of nitrogen functional groups attached to an aromatic ring is 1. The highest BCUT2D eigenvalue weighted by Crippen LogP contribution is 2.20. The molecule has 0 heterocycles. The molecular formula is C10H12BrNO2. The number of ketones is 1. The second-order valence-corrected chi connectivity index (χ2v) is 3.61. The van der Waals surface area contributed by atoms with Gasteiger partial charge in [-0.3, -0.25) is 4.79 Å². The van der Waals surface area contributed by atoms with Crippen LogP contribution in [0.5, 0.6) is 5.75 Å². The summed E-state index contributed by atoms with van der Waals surface area (Å²) in [6.07, 6.45) is 0.442. The molecule has 0 unspecified atom stereocenters. The Morgan fingerprint density at radius 3 is 2.86 bits per heavy atom. The standard InChI is InChI=1S/C10H12BrNO2/c1-14-7-2-3-9(12)8(6-7)10(13)4-5-11/h2-3,6H,4-5,12H2,1H3. The SMILES string of the molecule is COc1ccc(N)c(C(=O)CCBr)c1. The summed E-state index contributed by atoms with van der Waals surface area (Å²) in [5.74, 6) is 0.676. The number of carbonyl (C=O) groups excluding carboxylic acids is 1. The van der Waals surface area contributed by atoms with E-state index < -0.39 is 0 Å². The van der Waals surface area contributed by atoms with Crippen LogP contribution in [0, 0.1) is 0 Å². The highest BCUT2D eigenvalue weighted by molar-refractivity contribution is 9.09. The molecule has 0 saturated heterocycles. The average molecular weight is 258 g/mol. The Bertz CT molecular complexity index is 339. The number of Topliss-reactive ketones (excluding diaryl/α,β-unsaturated/α-hetero) is 1. The molecule has 1 rings (SSSR count). The summed E-state index contributed by atoms with van der Waals surface area (Å²) in [6.45, 7) is 0. The number of hydrogen-bond acceptors (Lipinski definition) is 3. The molecule has 0 spiro atoms. The average Bonchev–Trinajstić information content (AvgIpc) is 2.19. The Kier molecular flexibility index (Phi) is 3.95. The lowest BCUT2D eigenvalue weighted by atomic mass is 10.1. The van der Waals surface area contributed by atoms with E-state index in [4.69, 9.17) is 10.5 Å². The van der Waals surface area contributed by atoms with Gasteiger partial charge in [0.1, 0.15) is 5.75 Å². The monoisotopic (exact) mass is 257 g/mol. The van der Waals surface area contributed by atoms with E-state index in [1.54, 1.807) is 25.3 Å².